The van der Waals surface area contributed by atoms with Gasteiger partial charge in [-0.25, -0.2) is 9.98 Å². The van der Waals surface area contributed by atoms with Crippen LogP contribution in [0.25, 0.3) is 49.6 Å². The van der Waals surface area contributed by atoms with Crippen molar-refractivity contribution in [3.63, 3.8) is 0 Å². The molecule has 1 aromatic heterocycles. The quantitative estimate of drug-likeness (QED) is 0.190. The molecule has 10 rings (SSSR count). The van der Waals surface area contributed by atoms with E-state index in [0.29, 0.717) is 6.42 Å². The zero-order valence-electron chi connectivity index (χ0n) is 29.0. The lowest BCUT2D eigenvalue weighted by molar-refractivity contribution is 0.448. The van der Waals surface area contributed by atoms with Crippen LogP contribution in [0.5, 0.6) is 0 Å². The van der Waals surface area contributed by atoms with E-state index in [1.165, 1.54) is 44.2 Å². The largest absolute Gasteiger partial charge is 0.460 e. The summed E-state index contributed by atoms with van der Waals surface area (Å²) in [6.07, 6.45) is 2.71. The van der Waals surface area contributed by atoms with Crippen LogP contribution in [0.3, 0.4) is 0 Å². The molecule has 4 nitrogen and oxygen atoms in total. The Morgan fingerprint density at radius 1 is 0.472 bits per heavy atom. The van der Waals surface area contributed by atoms with E-state index < -0.39 is 0 Å². The first-order valence-corrected chi connectivity index (χ1v) is 18.2. The zero-order valence-corrected chi connectivity index (χ0v) is 29.0. The Kier molecular flexibility index (Phi) is 7.65. The molecule has 1 N–H and O–H groups in total. The maximum Gasteiger partial charge on any atom is 0.151 e. The van der Waals surface area contributed by atoms with Crippen molar-refractivity contribution in [3.8, 4) is 22.3 Å². The molecule has 7 aromatic carbocycles. The van der Waals surface area contributed by atoms with E-state index >= 15 is 0 Å². The highest BCUT2D eigenvalue weighted by atomic mass is 16.3. The Balaban J connectivity index is 1.09. The van der Waals surface area contributed by atoms with Crippen molar-refractivity contribution in [2.45, 2.75) is 12.6 Å². The van der Waals surface area contributed by atoms with Crippen LogP contribution in [-0.2, 0) is 6.42 Å². The summed E-state index contributed by atoms with van der Waals surface area (Å²) in [5, 5.41) is 7.20. The number of hydrogen-bond donors (Lipinski definition) is 1. The molecule has 1 unspecified atom stereocenters. The summed E-state index contributed by atoms with van der Waals surface area (Å²) in [7, 11) is 0. The van der Waals surface area contributed by atoms with E-state index in [1.54, 1.807) is 0 Å². The van der Waals surface area contributed by atoms with Crippen LogP contribution in [-0.4, -0.2) is 17.8 Å². The van der Waals surface area contributed by atoms with Crippen molar-refractivity contribution < 1.29 is 4.42 Å². The average molecular weight is 682 g/mol. The van der Waals surface area contributed by atoms with Gasteiger partial charge < -0.3 is 9.73 Å². The number of para-hydroxylation sites is 1. The maximum absolute atomic E-state index is 6.63. The molecule has 0 radical (unpaired) electrons. The van der Waals surface area contributed by atoms with Crippen molar-refractivity contribution in [3.05, 3.63) is 210 Å². The predicted molar refractivity (Wildman–Crippen MR) is 218 cm³/mol. The minimum atomic E-state index is -0.374. The lowest BCUT2D eigenvalue weighted by Crippen LogP contribution is -2.40. The van der Waals surface area contributed by atoms with Gasteiger partial charge in [0, 0.05) is 34.4 Å². The number of amidine groups is 2. The zero-order chi connectivity index (χ0) is 35.1. The number of fused-ring (bicyclic) bond motifs is 4. The summed E-state index contributed by atoms with van der Waals surface area (Å²) >= 11 is 0. The molecule has 2 heterocycles. The third-order valence-corrected chi connectivity index (χ3v) is 10.5. The summed E-state index contributed by atoms with van der Waals surface area (Å²) in [4.78, 5) is 10.7. The van der Waals surface area contributed by atoms with E-state index in [-0.39, 0.29) is 12.1 Å². The summed E-state index contributed by atoms with van der Waals surface area (Å²) in [5.41, 5.74) is 11.1. The summed E-state index contributed by atoms with van der Waals surface area (Å²) in [5.74, 6) is 2.56. The normalized spacial score (nSPS) is 15.7. The van der Waals surface area contributed by atoms with Crippen molar-refractivity contribution in [1.82, 2.24) is 5.32 Å². The predicted octanol–water partition coefficient (Wildman–Crippen LogP) is 11.3. The molecule has 2 aliphatic rings. The fourth-order valence-electron chi connectivity index (χ4n) is 7.75. The van der Waals surface area contributed by atoms with Crippen LogP contribution in [0.15, 0.2) is 196 Å². The SMILES string of the molecule is C1=C(c2ccc3ccccc3c2)c2c(oc3ccccc23)CC1C1N=C(c2ccc(-c3ccccc3)cc2)NC(c2ccc(-c3ccccc3)cc2)=N1. The van der Waals surface area contributed by atoms with Gasteiger partial charge in [-0.05, 0) is 56.3 Å². The van der Waals surface area contributed by atoms with Gasteiger partial charge in [0.05, 0.1) is 0 Å². The third kappa shape index (κ3) is 5.84. The number of aliphatic imine (C=N–C) groups is 2. The van der Waals surface area contributed by atoms with Gasteiger partial charge in [-0.15, -0.1) is 0 Å². The molecular formula is C49H35N3O. The van der Waals surface area contributed by atoms with Crippen LogP contribution in [0.4, 0.5) is 0 Å². The monoisotopic (exact) mass is 681 g/mol. The molecule has 0 bridgehead atoms. The summed E-state index contributed by atoms with van der Waals surface area (Å²) in [6.45, 7) is 0. The highest BCUT2D eigenvalue weighted by molar-refractivity contribution is 6.16. The number of hydrogen-bond acceptors (Lipinski definition) is 4. The second kappa shape index (κ2) is 13.1. The maximum atomic E-state index is 6.63. The van der Waals surface area contributed by atoms with E-state index in [2.05, 4.69) is 169 Å². The lowest BCUT2D eigenvalue weighted by atomic mass is 9.82. The Labute approximate surface area is 308 Å². The van der Waals surface area contributed by atoms with Crippen LogP contribution < -0.4 is 5.32 Å². The summed E-state index contributed by atoms with van der Waals surface area (Å²) in [6, 6.07) is 61.9. The Morgan fingerprint density at radius 3 is 1.62 bits per heavy atom. The minimum Gasteiger partial charge on any atom is -0.460 e. The van der Waals surface area contributed by atoms with Crippen LogP contribution in [0, 0.1) is 5.92 Å². The van der Waals surface area contributed by atoms with Gasteiger partial charge in [-0.1, -0.05) is 170 Å². The fourth-order valence-corrected chi connectivity index (χ4v) is 7.75. The molecule has 252 valence electrons. The molecule has 1 atom stereocenters. The molecule has 1 aliphatic heterocycles. The third-order valence-electron chi connectivity index (χ3n) is 10.5. The van der Waals surface area contributed by atoms with E-state index in [4.69, 9.17) is 14.4 Å². The molecule has 0 spiro atoms. The summed E-state index contributed by atoms with van der Waals surface area (Å²) < 4.78 is 6.63. The van der Waals surface area contributed by atoms with Gasteiger partial charge in [0.2, 0.25) is 0 Å². The minimum absolute atomic E-state index is 0.0381. The van der Waals surface area contributed by atoms with E-state index in [1.807, 2.05) is 18.2 Å². The van der Waals surface area contributed by atoms with Crippen molar-refractivity contribution in [1.29, 1.82) is 0 Å². The molecule has 1 aliphatic carbocycles. The van der Waals surface area contributed by atoms with Crippen molar-refractivity contribution >= 4 is 39.0 Å². The number of furan rings is 1. The van der Waals surface area contributed by atoms with Gasteiger partial charge >= 0.3 is 0 Å². The van der Waals surface area contributed by atoms with Crippen LogP contribution in [0.2, 0.25) is 0 Å². The van der Waals surface area contributed by atoms with Crippen molar-refractivity contribution in [2.24, 2.45) is 15.9 Å². The number of rotatable bonds is 6. The number of benzene rings is 7. The van der Waals surface area contributed by atoms with Crippen molar-refractivity contribution in [2.75, 3.05) is 0 Å². The first kappa shape index (κ1) is 31.0. The Morgan fingerprint density at radius 2 is 0.981 bits per heavy atom. The second-order valence-electron chi connectivity index (χ2n) is 13.8. The van der Waals surface area contributed by atoms with Gasteiger partial charge in [0.15, 0.2) is 6.17 Å². The molecule has 4 heteroatoms. The van der Waals surface area contributed by atoms with Gasteiger partial charge in [-0.2, -0.15) is 0 Å². The first-order chi connectivity index (χ1) is 26.2. The van der Waals surface area contributed by atoms with E-state index in [0.717, 1.165) is 45.1 Å². The molecular weight excluding hydrogens is 647 g/mol. The number of nitrogens with one attached hydrogen (secondary N) is 1. The second-order valence-corrected chi connectivity index (χ2v) is 13.8. The lowest BCUT2D eigenvalue weighted by Gasteiger charge is -2.29. The van der Waals surface area contributed by atoms with Crippen LogP contribution in [0.1, 0.15) is 28.0 Å². The standard InChI is InChI=1S/C49H35N3O/c1-3-11-32(12-4-1)35-19-24-37(25-20-35)47-50-48(38-26-21-36(22-27-38)33-13-5-2-6-14-33)52-49(51-47)41-30-43(40-28-23-34-15-7-8-16-39(34)29-40)46-42-17-9-10-18-44(42)53-45(46)31-41/h1-30,41,49H,31H2,(H,50,51,52). The van der Waals surface area contributed by atoms with Gasteiger partial charge in [0.25, 0.3) is 0 Å². The molecule has 0 fully saturated rings. The molecule has 53 heavy (non-hydrogen) atoms. The highest BCUT2D eigenvalue weighted by Gasteiger charge is 2.33. The molecule has 0 amide bonds. The smallest absolute Gasteiger partial charge is 0.151 e. The van der Waals surface area contributed by atoms with Gasteiger partial charge in [-0.3, -0.25) is 0 Å². The highest BCUT2D eigenvalue weighted by Crippen LogP contribution is 2.42. The first-order valence-electron chi connectivity index (χ1n) is 18.2. The topological polar surface area (TPSA) is 49.9 Å². The number of nitrogens with zero attached hydrogens (tertiary/aromatic N) is 2. The Hall–Kier alpha value is -6.78. The average Bonchev–Trinajstić information content (AvgIpc) is 3.62. The molecule has 8 aromatic rings. The fraction of sp³-hybridized carbons (Fsp3) is 0.0612. The molecule has 0 saturated heterocycles. The van der Waals surface area contributed by atoms with Gasteiger partial charge in [0.1, 0.15) is 23.0 Å². The van der Waals surface area contributed by atoms with Crippen LogP contribution >= 0.6 is 0 Å². The van der Waals surface area contributed by atoms with E-state index in [9.17, 15) is 0 Å². The molecule has 0 saturated carbocycles. The Bertz CT molecular complexity index is 2610.